The quantitative estimate of drug-likeness (QED) is 0.417. The molecule has 122 valence electrons. The number of nitrogens with two attached hydrogens (primary N) is 1. The highest BCUT2D eigenvalue weighted by atomic mass is 32.1. The zero-order valence-electron chi connectivity index (χ0n) is 13.5. The van der Waals surface area contributed by atoms with Crippen molar-refractivity contribution in [1.82, 2.24) is 0 Å². The molecule has 0 radical (unpaired) electrons. The molecule has 2 N–H and O–H groups in total. The van der Waals surface area contributed by atoms with Crippen molar-refractivity contribution in [3.63, 3.8) is 0 Å². The fourth-order valence-corrected chi connectivity index (χ4v) is 2.70. The maximum absolute atomic E-state index is 9.06. The van der Waals surface area contributed by atoms with Gasteiger partial charge in [-0.05, 0) is 40.1 Å². The Morgan fingerprint density at radius 3 is 2.64 bits per heavy atom. The molecule has 3 aromatic rings. The predicted octanol–water partition coefficient (Wildman–Crippen LogP) is 4.61. The first-order chi connectivity index (χ1) is 12.2. The molecule has 0 heterocycles. The van der Waals surface area contributed by atoms with E-state index >= 15 is 0 Å². The summed E-state index contributed by atoms with van der Waals surface area (Å²) in [5.41, 5.74) is 7.75. The van der Waals surface area contributed by atoms with Crippen molar-refractivity contribution in [2.75, 3.05) is 0 Å². The maximum atomic E-state index is 9.06. The van der Waals surface area contributed by atoms with Gasteiger partial charge in [0.15, 0.2) is 0 Å². The molecular formula is C21H16N2OS. The van der Waals surface area contributed by atoms with Crippen LogP contribution in [-0.2, 0) is 6.61 Å². The Hall–Kier alpha value is -3.16. The van der Waals surface area contributed by atoms with Crippen molar-refractivity contribution in [2.24, 2.45) is 5.73 Å². The molecule has 0 aliphatic rings. The first-order valence-corrected chi connectivity index (χ1v) is 8.19. The Labute approximate surface area is 152 Å². The summed E-state index contributed by atoms with van der Waals surface area (Å²) in [5, 5.41) is 11.4. The van der Waals surface area contributed by atoms with Crippen LogP contribution in [-0.4, -0.2) is 4.99 Å². The maximum Gasteiger partial charge on any atom is 0.120 e. The average Bonchev–Trinajstić information content (AvgIpc) is 2.64. The molecule has 0 amide bonds. The van der Waals surface area contributed by atoms with Gasteiger partial charge in [0, 0.05) is 0 Å². The lowest BCUT2D eigenvalue weighted by Crippen LogP contribution is -2.09. The summed E-state index contributed by atoms with van der Waals surface area (Å²) < 4.78 is 5.94. The van der Waals surface area contributed by atoms with Crippen molar-refractivity contribution >= 4 is 34.1 Å². The number of fused-ring (bicyclic) bond motifs is 1. The van der Waals surface area contributed by atoms with Crippen LogP contribution in [0.3, 0.4) is 0 Å². The van der Waals surface area contributed by atoms with E-state index in [2.05, 4.69) is 24.3 Å². The van der Waals surface area contributed by atoms with E-state index in [0.29, 0.717) is 6.61 Å². The number of ether oxygens (including phenoxy) is 1. The highest BCUT2D eigenvalue weighted by Gasteiger charge is 2.03. The van der Waals surface area contributed by atoms with E-state index in [4.69, 9.17) is 28.0 Å². The van der Waals surface area contributed by atoms with Crippen LogP contribution in [0.2, 0.25) is 0 Å². The van der Waals surface area contributed by atoms with E-state index < -0.39 is 0 Å². The Balaban J connectivity index is 1.81. The third-order valence-electron chi connectivity index (χ3n) is 3.83. The molecule has 0 aliphatic heterocycles. The molecule has 0 bridgehead atoms. The van der Waals surface area contributed by atoms with Crippen LogP contribution >= 0.6 is 12.2 Å². The summed E-state index contributed by atoms with van der Waals surface area (Å²) in [5.74, 6) is 0.724. The van der Waals surface area contributed by atoms with Crippen LogP contribution in [0.1, 0.15) is 11.1 Å². The predicted molar refractivity (Wildman–Crippen MR) is 105 cm³/mol. The summed E-state index contributed by atoms with van der Waals surface area (Å²) >= 11 is 4.86. The minimum atomic E-state index is 0.0876. The SMILES string of the molecule is N#C/C(=C\c1cccc(OCc2cccc3ccccc23)c1)C(N)=S. The van der Waals surface area contributed by atoms with Crippen molar-refractivity contribution in [3.8, 4) is 11.8 Å². The monoisotopic (exact) mass is 344 g/mol. The smallest absolute Gasteiger partial charge is 0.120 e. The second kappa shape index (κ2) is 7.61. The molecular weight excluding hydrogens is 328 g/mol. The summed E-state index contributed by atoms with van der Waals surface area (Å²) in [4.78, 5) is 0.0876. The van der Waals surface area contributed by atoms with Crippen molar-refractivity contribution in [1.29, 1.82) is 5.26 Å². The molecule has 3 aromatic carbocycles. The number of rotatable bonds is 5. The number of nitriles is 1. The lowest BCUT2D eigenvalue weighted by atomic mass is 10.1. The van der Waals surface area contributed by atoms with E-state index in [1.54, 1.807) is 6.08 Å². The Bertz CT molecular complexity index is 997. The van der Waals surface area contributed by atoms with E-state index in [-0.39, 0.29) is 10.6 Å². The Morgan fingerprint density at radius 1 is 1.08 bits per heavy atom. The first-order valence-electron chi connectivity index (χ1n) is 7.78. The number of benzene rings is 3. The average molecular weight is 344 g/mol. The van der Waals surface area contributed by atoms with E-state index in [1.165, 1.54) is 10.8 Å². The molecule has 25 heavy (non-hydrogen) atoms. The van der Waals surface area contributed by atoms with Crippen LogP contribution in [0.4, 0.5) is 0 Å². The number of hydrogen-bond donors (Lipinski definition) is 1. The fraction of sp³-hybridized carbons (Fsp3) is 0.0476. The number of hydrogen-bond acceptors (Lipinski definition) is 3. The normalized spacial score (nSPS) is 11.1. The largest absolute Gasteiger partial charge is 0.489 e. The van der Waals surface area contributed by atoms with Crippen LogP contribution < -0.4 is 10.5 Å². The fourth-order valence-electron chi connectivity index (χ4n) is 2.60. The van der Waals surface area contributed by atoms with Gasteiger partial charge >= 0.3 is 0 Å². The van der Waals surface area contributed by atoms with Crippen LogP contribution in [0, 0.1) is 11.3 Å². The topological polar surface area (TPSA) is 59.0 Å². The lowest BCUT2D eigenvalue weighted by Gasteiger charge is -2.10. The van der Waals surface area contributed by atoms with Crippen LogP contribution in [0.15, 0.2) is 72.3 Å². The highest BCUT2D eigenvalue weighted by Crippen LogP contribution is 2.22. The zero-order valence-corrected chi connectivity index (χ0v) is 14.3. The van der Waals surface area contributed by atoms with Gasteiger partial charge in [-0.1, -0.05) is 66.8 Å². The Kier molecular flexibility index (Phi) is 5.08. The molecule has 3 nitrogen and oxygen atoms in total. The summed E-state index contributed by atoms with van der Waals surface area (Å²) in [7, 11) is 0. The molecule has 0 spiro atoms. The summed E-state index contributed by atoms with van der Waals surface area (Å²) in [6.45, 7) is 0.467. The Morgan fingerprint density at radius 2 is 1.84 bits per heavy atom. The van der Waals surface area contributed by atoms with Gasteiger partial charge in [0.1, 0.15) is 23.4 Å². The third-order valence-corrected chi connectivity index (χ3v) is 4.05. The lowest BCUT2D eigenvalue weighted by molar-refractivity contribution is 0.307. The zero-order chi connectivity index (χ0) is 17.6. The molecule has 3 rings (SSSR count). The second-order valence-electron chi connectivity index (χ2n) is 5.53. The van der Waals surface area contributed by atoms with E-state index in [1.807, 2.05) is 48.5 Å². The van der Waals surface area contributed by atoms with Gasteiger partial charge < -0.3 is 10.5 Å². The second-order valence-corrected chi connectivity index (χ2v) is 5.97. The van der Waals surface area contributed by atoms with Gasteiger partial charge in [-0.25, -0.2) is 0 Å². The molecule has 0 atom stereocenters. The molecule has 0 aromatic heterocycles. The number of nitrogens with zero attached hydrogens (tertiary/aromatic N) is 1. The minimum Gasteiger partial charge on any atom is -0.489 e. The van der Waals surface area contributed by atoms with E-state index in [0.717, 1.165) is 16.9 Å². The number of thiocarbonyl (C=S) groups is 1. The molecule has 0 saturated heterocycles. The molecule has 0 fully saturated rings. The molecule has 4 heteroatoms. The van der Waals surface area contributed by atoms with Gasteiger partial charge in [-0.15, -0.1) is 0 Å². The van der Waals surface area contributed by atoms with Gasteiger partial charge in [0.25, 0.3) is 0 Å². The van der Waals surface area contributed by atoms with Crippen LogP contribution in [0.25, 0.3) is 16.8 Å². The van der Waals surface area contributed by atoms with Crippen molar-refractivity contribution in [2.45, 2.75) is 6.61 Å². The third kappa shape index (κ3) is 4.03. The van der Waals surface area contributed by atoms with Gasteiger partial charge in [-0.3, -0.25) is 0 Å². The first kappa shape index (κ1) is 16.7. The molecule has 0 unspecified atom stereocenters. The summed E-state index contributed by atoms with van der Waals surface area (Å²) in [6.07, 6.45) is 1.66. The van der Waals surface area contributed by atoms with Gasteiger partial charge in [0.05, 0.1) is 5.57 Å². The van der Waals surface area contributed by atoms with Crippen LogP contribution in [0.5, 0.6) is 5.75 Å². The molecule has 0 saturated carbocycles. The van der Waals surface area contributed by atoms with Gasteiger partial charge in [-0.2, -0.15) is 5.26 Å². The van der Waals surface area contributed by atoms with Crippen molar-refractivity contribution < 1.29 is 4.74 Å². The van der Waals surface area contributed by atoms with Gasteiger partial charge in [0.2, 0.25) is 0 Å². The standard InChI is InChI=1S/C21H16N2OS/c22-13-18(21(23)25)11-15-5-3-9-19(12-15)24-14-17-8-4-7-16-6-1-2-10-20(16)17/h1-12H,14H2,(H2,23,25)/b18-11+. The highest BCUT2D eigenvalue weighted by molar-refractivity contribution is 7.80. The summed E-state index contributed by atoms with van der Waals surface area (Å²) in [6, 6.07) is 23.9. The van der Waals surface area contributed by atoms with Crippen molar-refractivity contribution in [3.05, 3.63) is 83.4 Å². The van der Waals surface area contributed by atoms with E-state index in [9.17, 15) is 0 Å². The molecule has 0 aliphatic carbocycles. The minimum absolute atomic E-state index is 0.0876.